The van der Waals surface area contributed by atoms with Crippen molar-refractivity contribution in [3.63, 3.8) is 0 Å². The van der Waals surface area contributed by atoms with Gasteiger partial charge in [-0.05, 0) is 32.4 Å². The summed E-state index contributed by atoms with van der Waals surface area (Å²) in [4.78, 5) is 20.8. The van der Waals surface area contributed by atoms with E-state index in [0.29, 0.717) is 11.7 Å². The highest BCUT2D eigenvalue weighted by Gasteiger charge is 2.09. The number of amides is 1. The molecule has 1 N–H and O–H groups in total. The van der Waals surface area contributed by atoms with E-state index in [1.54, 1.807) is 7.11 Å². The SMILES string of the molecule is COc1ccccc1CNC(=O)CSc1nc(C)c(C)c(C)n1. The number of methoxy groups -OCH3 is 1. The van der Waals surface area contributed by atoms with E-state index in [1.165, 1.54) is 11.8 Å². The Balaban J connectivity index is 1.88. The number of aryl methyl sites for hydroxylation is 2. The summed E-state index contributed by atoms with van der Waals surface area (Å²) in [7, 11) is 1.62. The Morgan fingerprint density at radius 1 is 1.17 bits per heavy atom. The molecule has 2 rings (SSSR count). The smallest absolute Gasteiger partial charge is 0.230 e. The highest BCUT2D eigenvalue weighted by molar-refractivity contribution is 7.99. The third kappa shape index (κ3) is 4.69. The van der Waals surface area contributed by atoms with E-state index in [0.717, 1.165) is 28.3 Å². The van der Waals surface area contributed by atoms with Crippen molar-refractivity contribution in [3.05, 3.63) is 46.8 Å². The molecule has 0 aliphatic carbocycles. The minimum atomic E-state index is -0.0552. The molecule has 0 saturated carbocycles. The summed E-state index contributed by atoms with van der Waals surface area (Å²) in [6.07, 6.45) is 0. The standard InChI is InChI=1S/C17H21N3O2S/c1-11-12(2)19-17(20-13(11)3)23-10-16(21)18-9-14-7-5-6-8-15(14)22-4/h5-8H,9-10H2,1-4H3,(H,18,21). The summed E-state index contributed by atoms with van der Waals surface area (Å²) < 4.78 is 5.27. The second-order valence-electron chi connectivity index (χ2n) is 5.18. The van der Waals surface area contributed by atoms with Crippen LogP contribution in [-0.2, 0) is 11.3 Å². The van der Waals surface area contributed by atoms with Crippen LogP contribution in [0.4, 0.5) is 0 Å². The van der Waals surface area contributed by atoms with Gasteiger partial charge in [-0.15, -0.1) is 0 Å². The number of hydrogen-bond acceptors (Lipinski definition) is 5. The van der Waals surface area contributed by atoms with E-state index in [4.69, 9.17) is 4.74 Å². The highest BCUT2D eigenvalue weighted by atomic mass is 32.2. The zero-order valence-corrected chi connectivity index (χ0v) is 14.7. The molecule has 1 amide bonds. The third-order valence-electron chi connectivity index (χ3n) is 3.61. The molecule has 0 bridgehead atoms. The molecular formula is C17H21N3O2S. The molecule has 0 aliphatic rings. The minimum absolute atomic E-state index is 0.0552. The fourth-order valence-corrected chi connectivity index (χ4v) is 2.80. The fourth-order valence-electron chi connectivity index (χ4n) is 2.03. The average Bonchev–Trinajstić information content (AvgIpc) is 2.56. The van der Waals surface area contributed by atoms with Gasteiger partial charge in [-0.2, -0.15) is 0 Å². The lowest BCUT2D eigenvalue weighted by Crippen LogP contribution is -2.25. The summed E-state index contributed by atoms with van der Waals surface area (Å²) in [5.41, 5.74) is 3.95. The number of benzene rings is 1. The molecule has 0 radical (unpaired) electrons. The maximum absolute atomic E-state index is 12.0. The number of nitrogens with one attached hydrogen (secondary N) is 1. The predicted molar refractivity (Wildman–Crippen MR) is 91.8 cm³/mol. The number of nitrogens with zero attached hydrogens (tertiary/aromatic N) is 2. The monoisotopic (exact) mass is 331 g/mol. The van der Waals surface area contributed by atoms with Crippen molar-refractivity contribution in [1.29, 1.82) is 0 Å². The van der Waals surface area contributed by atoms with Crippen molar-refractivity contribution >= 4 is 17.7 Å². The van der Waals surface area contributed by atoms with E-state index in [1.807, 2.05) is 45.0 Å². The van der Waals surface area contributed by atoms with Crippen LogP contribution in [0.3, 0.4) is 0 Å². The van der Waals surface area contributed by atoms with Gasteiger partial charge in [0.05, 0.1) is 12.9 Å². The molecule has 1 aromatic carbocycles. The number of thioether (sulfide) groups is 1. The summed E-state index contributed by atoms with van der Waals surface area (Å²) in [5.74, 6) is 1.01. The second-order valence-corrected chi connectivity index (χ2v) is 6.12. The molecule has 1 heterocycles. The molecule has 0 aliphatic heterocycles. The Hall–Kier alpha value is -2.08. The predicted octanol–water partition coefficient (Wildman–Crippen LogP) is 2.82. The summed E-state index contributed by atoms with van der Waals surface area (Å²) >= 11 is 1.35. The van der Waals surface area contributed by atoms with Crippen molar-refractivity contribution in [1.82, 2.24) is 15.3 Å². The van der Waals surface area contributed by atoms with Gasteiger partial charge in [0.1, 0.15) is 5.75 Å². The van der Waals surface area contributed by atoms with Gasteiger partial charge >= 0.3 is 0 Å². The zero-order chi connectivity index (χ0) is 16.8. The number of rotatable bonds is 6. The normalized spacial score (nSPS) is 10.4. The van der Waals surface area contributed by atoms with Gasteiger partial charge in [0.25, 0.3) is 0 Å². The second kappa shape index (κ2) is 7.97. The Bertz CT molecular complexity index is 681. The van der Waals surface area contributed by atoms with Crippen LogP contribution in [0.1, 0.15) is 22.5 Å². The number of para-hydroxylation sites is 1. The van der Waals surface area contributed by atoms with Crippen molar-refractivity contribution in [2.24, 2.45) is 0 Å². The lowest BCUT2D eigenvalue weighted by atomic mass is 10.2. The first-order valence-electron chi connectivity index (χ1n) is 7.34. The van der Waals surface area contributed by atoms with Crippen LogP contribution in [-0.4, -0.2) is 28.7 Å². The summed E-state index contributed by atoms with van der Waals surface area (Å²) in [6.45, 7) is 6.35. The molecule has 0 fully saturated rings. The van der Waals surface area contributed by atoms with Gasteiger partial charge < -0.3 is 10.1 Å². The first-order valence-corrected chi connectivity index (χ1v) is 8.33. The van der Waals surface area contributed by atoms with Crippen LogP contribution >= 0.6 is 11.8 Å². The van der Waals surface area contributed by atoms with Crippen LogP contribution < -0.4 is 10.1 Å². The Labute approximate surface area is 140 Å². The van der Waals surface area contributed by atoms with Crippen LogP contribution in [0.5, 0.6) is 5.75 Å². The third-order valence-corrected chi connectivity index (χ3v) is 4.46. The Morgan fingerprint density at radius 2 is 1.83 bits per heavy atom. The van der Waals surface area contributed by atoms with Crippen molar-refractivity contribution in [3.8, 4) is 5.75 Å². The quantitative estimate of drug-likeness (QED) is 0.651. The number of carbonyl (C=O) groups excluding carboxylic acids is 1. The molecule has 1 aromatic heterocycles. The molecule has 6 heteroatoms. The molecule has 0 spiro atoms. The zero-order valence-electron chi connectivity index (χ0n) is 13.8. The van der Waals surface area contributed by atoms with Crippen LogP contribution in [0.15, 0.2) is 29.4 Å². The summed E-state index contributed by atoms with van der Waals surface area (Å²) in [6, 6.07) is 7.63. The topological polar surface area (TPSA) is 64.1 Å². The van der Waals surface area contributed by atoms with E-state index >= 15 is 0 Å². The highest BCUT2D eigenvalue weighted by Crippen LogP contribution is 2.18. The Morgan fingerprint density at radius 3 is 2.48 bits per heavy atom. The molecule has 23 heavy (non-hydrogen) atoms. The summed E-state index contributed by atoms with van der Waals surface area (Å²) in [5, 5.41) is 3.53. The van der Waals surface area contributed by atoms with Gasteiger partial charge in [0.2, 0.25) is 5.91 Å². The molecule has 2 aromatic rings. The number of aromatic nitrogens is 2. The first-order chi connectivity index (χ1) is 11.0. The van der Waals surface area contributed by atoms with E-state index in [-0.39, 0.29) is 11.7 Å². The van der Waals surface area contributed by atoms with E-state index in [9.17, 15) is 4.79 Å². The number of carbonyl (C=O) groups is 1. The van der Waals surface area contributed by atoms with Crippen molar-refractivity contribution in [2.45, 2.75) is 32.5 Å². The van der Waals surface area contributed by atoms with Crippen molar-refractivity contribution in [2.75, 3.05) is 12.9 Å². The maximum Gasteiger partial charge on any atom is 0.230 e. The minimum Gasteiger partial charge on any atom is -0.496 e. The van der Waals surface area contributed by atoms with Gasteiger partial charge in [0, 0.05) is 23.5 Å². The molecular weight excluding hydrogens is 310 g/mol. The van der Waals surface area contributed by atoms with Crippen LogP contribution in [0.25, 0.3) is 0 Å². The lowest BCUT2D eigenvalue weighted by Gasteiger charge is -2.10. The molecule has 0 unspecified atom stereocenters. The van der Waals surface area contributed by atoms with Crippen LogP contribution in [0.2, 0.25) is 0 Å². The Kier molecular flexibility index (Phi) is 5.98. The van der Waals surface area contributed by atoms with Gasteiger partial charge in [-0.3, -0.25) is 4.79 Å². The maximum atomic E-state index is 12.0. The molecule has 122 valence electrons. The number of ether oxygens (including phenoxy) is 1. The van der Waals surface area contributed by atoms with Gasteiger partial charge in [-0.1, -0.05) is 30.0 Å². The van der Waals surface area contributed by atoms with E-state index < -0.39 is 0 Å². The van der Waals surface area contributed by atoms with Gasteiger partial charge in [-0.25, -0.2) is 9.97 Å². The molecule has 5 nitrogen and oxygen atoms in total. The first kappa shape index (κ1) is 17.3. The van der Waals surface area contributed by atoms with Crippen LogP contribution in [0, 0.1) is 20.8 Å². The number of hydrogen-bond donors (Lipinski definition) is 1. The fraction of sp³-hybridized carbons (Fsp3) is 0.353. The lowest BCUT2D eigenvalue weighted by molar-refractivity contribution is -0.118. The molecule has 0 saturated heterocycles. The largest absolute Gasteiger partial charge is 0.496 e. The average molecular weight is 331 g/mol. The van der Waals surface area contributed by atoms with Gasteiger partial charge in [0.15, 0.2) is 5.16 Å². The van der Waals surface area contributed by atoms with E-state index in [2.05, 4.69) is 15.3 Å². The van der Waals surface area contributed by atoms with Crippen molar-refractivity contribution < 1.29 is 9.53 Å². The molecule has 0 atom stereocenters.